The molecule has 0 radical (unpaired) electrons. The van der Waals surface area contributed by atoms with Crippen LogP contribution in [0.2, 0.25) is 0 Å². The molecule has 3 nitrogen and oxygen atoms in total. The second kappa shape index (κ2) is 9.09. The van der Waals surface area contributed by atoms with E-state index in [0.717, 1.165) is 42.7 Å². The molecule has 0 amide bonds. The monoisotopic (exact) mass is 277 g/mol. The topological polar surface area (TPSA) is 42.1 Å². The predicted molar refractivity (Wildman–Crippen MR) is 86.3 cm³/mol. The molecule has 1 aromatic rings. The molecular weight excluding hydrogens is 246 g/mol. The van der Waals surface area contributed by atoms with Gasteiger partial charge in [-0.15, -0.1) is 0 Å². The second-order valence-electron chi connectivity index (χ2n) is 6.50. The predicted octanol–water partition coefficient (Wildman–Crippen LogP) is 3.43. The first-order valence-electron chi connectivity index (χ1n) is 7.87. The lowest BCUT2D eigenvalue weighted by molar-refractivity contribution is 0.233. The highest BCUT2D eigenvalue weighted by Gasteiger charge is 2.09. The van der Waals surface area contributed by atoms with Gasteiger partial charge in [0.1, 0.15) is 0 Å². The van der Waals surface area contributed by atoms with E-state index in [1.165, 1.54) is 12.8 Å². The summed E-state index contributed by atoms with van der Waals surface area (Å²) in [5.74, 6) is 1.51. The van der Waals surface area contributed by atoms with E-state index in [2.05, 4.69) is 49.7 Å². The Morgan fingerprint density at radius 1 is 1.05 bits per heavy atom. The summed E-state index contributed by atoms with van der Waals surface area (Å²) in [5, 5.41) is 0. The van der Waals surface area contributed by atoms with Crippen LogP contribution in [0.1, 0.15) is 51.8 Å². The van der Waals surface area contributed by atoms with Crippen molar-refractivity contribution in [3.05, 3.63) is 29.6 Å². The zero-order valence-electron chi connectivity index (χ0n) is 13.6. The smallest absolute Gasteiger partial charge is 0.0544 e. The standard InChI is InChI=1S/C17H31N3/c1-14(2)7-9-20(10-8-15(3)4)13-17-6-5-16(11-18)12-19-17/h5-6,12,14-15H,7-11,13,18H2,1-4H3. The highest BCUT2D eigenvalue weighted by Crippen LogP contribution is 2.10. The minimum Gasteiger partial charge on any atom is -0.326 e. The van der Waals surface area contributed by atoms with E-state index in [1.807, 2.05) is 6.20 Å². The number of hydrogen-bond donors (Lipinski definition) is 1. The maximum Gasteiger partial charge on any atom is 0.0544 e. The van der Waals surface area contributed by atoms with Gasteiger partial charge in [-0.2, -0.15) is 0 Å². The molecule has 0 aliphatic carbocycles. The Morgan fingerprint density at radius 2 is 1.65 bits per heavy atom. The van der Waals surface area contributed by atoms with Gasteiger partial charge in [0.25, 0.3) is 0 Å². The molecule has 2 N–H and O–H groups in total. The van der Waals surface area contributed by atoms with Gasteiger partial charge in [0, 0.05) is 19.3 Å². The van der Waals surface area contributed by atoms with Gasteiger partial charge in [-0.1, -0.05) is 33.8 Å². The fourth-order valence-corrected chi connectivity index (χ4v) is 2.05. The molecule has 1 heterocycles. The van der Waals surface area contributed by atoms with Gasteiger partial charge < -0.3 is 5.73 Å². The van der Waals surface area contributed by atoms with Gasteiger partial charge in [-0.25, -0.2) is 0 Å². The first-order valence-corrected chi connectivity index (χ1v) is 7.87. The molecule has 0 saturated heterocycles. The van der Waals surface area contributed by atoms with E-state index in [0.29, 0.717) is 6.54 Å². The van der Waals surface area contributed by atoms with E-state index >= 15 is 0 Å². The van der Waals surface area contributed by atoms with Crippen LogP contribution in [0.3, 0.4) is 0 Å². The zero-order chi connectivity index (χ0) is 15.0. The minimum absolute atomic E-state index is 0.567. The van der Waals surface area contributed by atoms with E-state index < -0.39 is 0 Å². The Balaban J connectivity index is 2.56. The van der Waals surface area contributed by atoms with E-state index in [4.69, 9.17) is 5.73 Å². The molecule has 0 bridgehead atoms. The molecule has 0 aliphatic rings. The lowest BCUT2D eigenvalue weighted by Gasteiger charge is -2.23. The van der Waals surface area contributed by atoms with Crippen LogP contribution >= 0.6 is 0 Å². The molecule has 0 saturated carbocycles. The van der Waals surface area contributed by atoms with Crippen molar-refractivity contribution in [2.24, 2.45) is 17.6 Å². The molecular formula is C17H31N3. The Hall–Kier alpha value is -0.930. The van der Waals surface area contributed by atoms with Crippen molar-refractivity contribution in [1.29, 1.82) is 0 Å². The number of pyridine rings is 1. The number of nitrogens with two attached hydrogens (primary N) is 1. The van der Waals surface area contributed by atoms with Crippen LogP contribution in [-0.2, 0) is 13.1 Å². The second-order valence-corrected chi connectivity index (χ2v) is 6.50. The summed E-state index contributed by atoms with van der Waals surface area (Å²) in [7, 11) is 0. The van der Waals surface area contributed by atoms with Gasteiger partial charge in [-0.05, 0) is 49.4 Å². The number of hydrogen-bond acceptors (Lipinski definition) is 3. The molecule has 3 heteroatoms. The molecule has 0 atom stereocenters. The third-order valence-electron chi connectivity index (χ3n) is 3.55. The molecule has 20 heavy (non-hydrogen) atoms. The molecule has 1 aromatic heterocycles. The molecule has 1 rings (SSSR count). The summed E-state index contributed by atoms with van der Waals surface area (Å²) in [5.41, 5.74) is 7.86. The van der Waals surface area contributed by atoms with E-state index in [9.17, 15) is 0 Å². The summed E-state index contributed by atoms with van der Waals surface area (Å²) in [4.78, 5) is 7.05. The number of rotatable bonds is 9. The maximum atomic E-state index is 5.61. The maximum absolute atomic E-state index is 5.61. The first-order chi connectivity index (χ1) is 9.51. The van der Waals surface area contributed by atoms with Crippen molar-refractivity contribution in [3.8, 4) is 0 Å². The fourth-order valence-electron chi connectivity index (χ4n) is 2.05. The van der Waals surface area contributed by atoms with Gasteiger partial charge >= 0.3 is 0 Å². The van der Waals surface area contributed by atoms with Crippen LogP contribution in [-0.4, -0.2) is 23.0 Å². The van der Waals surface area contributed by atoms with Crippen molar-refractivity contribution in [1.82, 2.24) is 9.88 Å². The fraction of sp³-hybridized carbons (Fsp3) is 0.706. The first kappa shape index (κ1) is 17.1. The quantitative estimate of drug-likeness (QED) is 0.752. The minimum atomic E-state index is 0.567. The van der Waals surface area contributed by atoms with Gasteiger partial charge in [0.15, 0.2) is 0 Å². The molecule has 0 spiro atoms. The lowest BCUT2D eigenvalue weighted by Crippen LogP contribution is -2.27. The highest BCUT2D eigenvalue weighted by atomic mass is 15.1. The average molecular weight is 277 g/mol. The van der Waals surface area contributed by atoms with Crippen LogP contribution in [0.5, 0.6) is 0 Å². The van der Waals surface area contributed by atoms with Gasteiger partial charge in [0.2, 0.25) is 0 Å². The van der Waals surface area contributed by atoms with E-state index in [1.54, 1.807) is 0 Å². The number of aromatic nitrogens is 1. The van der Waals surface area contributed by atoms with Gasteiger partial charge in [-0.3, -0.25) is 9.88 Å². The summed E-state index contributed by atoms with van der Waals surface area (Å²) in [6, 6.07) is 4.20. The van der Waals surface area contributed by atoms with Crippen LogP contribution < -0.4 is 5.73 Å². The molecule has 0 unspecified atom stereocenters. The van der Waals surface area contributed by atoms with Crippen molar-refractivity contribution in [2.45, 2.75) is 53.6 Å². The Labute approximate surface area is 124 Å². The van der Waals surface area contributed by atoms with Crippen molar-refractivity contribution < 1.29 is 0 Å². The molecule has 0 aromatic carbocycles. The highest BCUT2D eigenvalue weighted by molar-refractivity contribution is 5.13. The number of nitrogens with zero attached hydrogens (tertiary/aromatic N) is 2. The third-order valence-corrected chi connectivity index (χ3v) is 3.55. The Kier molecular flexibility index (Phi) is 7.78. The third kappa shape index (κ3) is 7.01. The molecule has 114 valence electrons. The van der Waals surface area contributed by atoms with E-state index in [-0.39, 0.29) is 0 Å². The molecule has 0 aliphatic heterocycles. The van der Waals surface area contributed by atoms with Crippen molar-refractivity contribution in [2.75, 3.05) is 13.1 Å². The lowest BCUT2D eigenvalue weighted by atomic mass is 10.1. The Bertz CT molecular complexity index is 345. The van der Waals surface area contributed by atoms with Crippen LogP contribution in [0.4, 0.5) is 0 Å². The van der Waals surface area contributed by atoms with Crippen LogP contribution in [0.25, 0.3) is 0 Å². The average Bonchev–Trinajstić information content (AvgIpc) is 2.42. The molecule has 0 fully saturated rings. The van der Waals surface area contributed by atoms with Crippen LogP contribution in [0.15, 0.2) is 18.3 Å². The van der Waals surface area contributed by atoms with Crippen LogP contribution in [0, 0.1) is 11.8 Å². The SMILES string of the molecule is CC(C)CCN(CCC(C)C)Cc1ccc(CN)cn1. The normalized spacial score (nSPS) is 11.8. The Morgan fingerprint density at radius 3 is 2.05 bits per heavy atom. The summed E-state index contributed by atoms with van der Waals surface area (Å²) in [6.45, 7) is 13.0. The largest absolute Gasteiger partial charge is 0.326 e. The van der Waals surface area contributed by atoms with Crippen molar-refractivity contribution in [3.63, 3.8) is 0 Å². The summed E-state index contributed by atoms with van der Waals surface area (Å²) >= 11 is 0. The summed E-state index contributed by atoms with van der Waals surface area (Å²) < 4.78 is 0. The zero-order valence-corrected chi connectivity index (χ0v) is 13.6. The van der Waals surface area contributed by atoms with Crippen molar-refractivity contribution >= 4 is 0 Å². The van der Waals surface area contributed by atoms with Gasteiger partial charge in [0.05, 0.1) is 5.69 Å². The summed E-state index contributed by atoms with van der Waals surface area (Å²) in [6.07, 6.45) is 4.40.